The molecule has 2 nitrogen and oxygen atoms in total. The zero-order chi connectivity index (χ0) is 2.71. The fraction of sp³-hybridized carbons (Fsp3) is 0. The Balaban J connectivity index is 0. The average molecular weight is 176 g/mol. The van der Waals surface area contributed by atoms with Crippen LogP contribution in [0.5, 0.6) is 0 Å². The third-order valence-electron chi connectivity index (χ3n) is 0. The van der Waals surface area contributed by atoms with Crippen molar-refractivity contribution in [2.24, 2.45) is 0 Å². The molecule has 0 radical (unpaired) electrons. The Morgan fingerprint density at radius 2 is 1.25 bits per heavy atom. The molecule has 0 spiro atoms. The van der Waals surface area contributed by atoms with Gasteiger partial charge in [0.15, 0.2) is 0 Å². The Labute approximate surface area is 46.8 Å². The fourth-order valence-corrected chi connectivity index (χ4v) is 0. The summed E-state index contributed by atoms with van der Waals surface area (Å²) in [6, 6.07) is 0. The maximum atomic E-state index is 8.50. The van der Waals surface area contributed by atoms with Crippen LogP contribution in [0.4, 0.5) is 0 Å². The molecular formula is MoO2Ti. The van der Waals surface area contributed by atoms with E-state index in [9.17, 15) is 0 Å². The van der Waals surface area contributed by atoms with Crippen molar-refractivity contribution >= 4 is 0 Å². The van der Waals surface area contributed by atoms with Gasteiger partial charge in [-0.25, -0.2) is 0 Å². The van der Waals surface area contributed by atoms with E-state index in [0.717, 1.165) is 0 Å². The summed E-state index contributed by atoms with van der Waals surface area (Å²) in [5.41, 5.74) is 0. The van der Waals surface area contributed by atoms with E-state index in [1.165, 1.54) is 0 Å². The molecule has 0 aromatic carbocycles. The van der Waals surface area contributed by atoms with Gasteiger partial charge in [-0.05, 0) is 0 Å². The average Bonchev–Trinajstić information content (AvgIpc) is 0.918. The minimum absolute atomic E-state index is 0. The molecule has 22 valence electrons. The summed E-state index contributed by atoms with van der Waals surface area (Å²) in [7, 11) is 0. The van der Waals surface area contributed by atoms with E-state index in [2.05, 4.69) is 0 Å². The standard InChI is InChI=1S/Mo.2O.Ti. The summed E-state index contributed by atoms with van der Waals surface area (Å²) in [5.74, 6) is 0. The van der Waals surface area contributed by atoms with Crippen molar-refractivity contribution in [1.82, 2.24) is 0 Å². The van der Waals surface area contributed by atoms with Gasteiger partial charge in [-0.1, -0.05) is 0 Å². The van der Waals surface area contributed by atoms with Gasteiger partial charge in [-0.3, -0.25) is 0 Å². The fourth-order valence-electron chi connectivity index (χ4n) is 0. The van der Waals surface area contributed by atoms with E-state index in [0.29, 0.717) is 0 Å². The zero-order valence-corrected chi connectivity index (χ0v) is 5.29. The van der Waals surface area contributed by atoms with Crippen LogP contribution in [0.25, 0.3) is 0 Å². The van der Waals surface area contributed by atoms with Crippen molar-refractivity contribution in [2.45, 2.75) is 0 Å². The molecule has 0 aliphatic heterocycles. The Morgan fingerprint density at radius 3 is 1.25 bits per heavy atom. The monoisotopic (exact) mass is 178 g/mol. The van der Waals surface area contributed by atoms with Crippen molar-refractivity contribution in [3.8, 4) is 0 Å². The molecule has 0 bridgehead atoms. The summed E-state index contributed by atoms with van der Waals surface area (Å²) in [4.78, 5) is 0. The van der Waals surface area contributed by atoms with Crippen molar-refractivity contribution in [2.75, 3.05) is 0 Å². The SMILES string of the molecule is [Mo].[O]=[Ti]=[O]. The Morgan fingerprint density at radius 1 is 1.25 bits per heavy atom. The maximum absolute atomic E-state index is 8.50. The first kappa shape index (κ1) is 8.89. The molecule has 0 saturated carbocycles. The minimum atomic E-state index is -2.00. The van der Waals surface area contributed by atoms with Crippen LogP contribution in [0, 0.1) is 0 Å². The molecule has 0 atom stereocenters. The predicted molar refractivity (Wildman–Crippen MR) is 1.37 cm³/mol. The van der Waals surface area contributed by atoms with E-state index in [1.54, 1.807) is 0 Å². The van der Waals surface area contributed by atoms with Crippen molar-refractivity contribution in [3.05, 3.63) is 0 Å². The van der Waals surface area contributed by atoms with Gasteiger partial charge in [0, 0.05) is 21.1 Å². The molecular weight excluding hydrogens is 176 g/mol. The second kappa shape index (κ2) is 9.00. The van der Waals surface area contributed by atoms with E-state index >= 15 is 0 Å². The van der Waals surface area contributed by atoms with Gasteiger partial charge < -0.3 is 0 Å². The molecule has 0 unspecified atom stereocenters. The van der Waals surface area contributed by atoms with E-state index in [1.807, 2.05) is 0 Å². The summed E-state index contributed by atoms with van der Waals surface area (Å²) in [6.07, 6.45) is 0. The second-order valence-corrected chi connectivity index (χ2v) is 0.344. The molecule has 0 N–H and O–H groups in total. The topological polar surface area (TPSA) is 34.1 Å². The quantitative estimate of drug-likeness (QED) is 0.477. The van der Waals surface area contributed by atoms with Crippen LogP contribution in [-0.4, -0.2) is 0 Å². The van der Waals surface area contributed by atoms with Gasteiger partial charge in [0.25, 0.3) is 0 Å². The van der Waals surface area contributed by atoms with Crippen LogP contribution in [0.1, 0.15) is 0 Å². The molecule has 0 saturated heterocycles. The number of rotatable bonds is 0. The second-order valence-electron chi connectivity index (χ2n) is 0.0833. The van der Waals surface area contributed by atoms with E-state index < -0.39 is 19.1 Å². The molecule has 0 heterocycles. The first-order chi connectivity index (χ1) is 1.41. The third-order valence-corrected chi connectivity index (χ3v) is 0. The molecule has 0 aliphatic carbocycles. The predicted octanol–water partition coefficient (Wildman–Crippen LogP) is -0.243. The molecule has 0 fully saturated rings. The van der Waals surface area contributed by atoms with Crippen molar-refractivity contribution in [3.63, 3.8) is 0 Å². The van der Waals surface area contributed by atoms with Gasteiger partial charge in [0.1, 0.15) is 0 Å². The third kappa shape index (κ3) is 12.0. The zero-order valence-electron chi connectivity index (χ0n) is 1.72. The molecule has 4 heteroatoms. The van der Waals surface area contributed by atoms with Gasteiger partial charge in [-0.2, -0.15) is 0 Å². The van der Waals surface area contributed by atoms with Crippen LogP contribution in [-0.2, 0) is 46.8 Å². The first-order valence-electron chi connectivity index (χ1n) is 0.408. The van der Waals surface area contributed by atoms with Crippen LogP contribution in [0.3, 0.4) is 0 Å². The Hall–Kier alpha value is 1.00. The van der Waals surface area contributed by atoms with E-state index in [-0.39, 0.29) is 21.1 Å². The Kier molecular flexibility index (Phi) is 20.0. The molecule has 4 heavy (non-hydrogen) atoms. The number of hydrogen-bond acceptors (Lipinski definition) is 2. The molecule has 0 amide bonds. The van der Waals surface area contributed by atoms with Crippen molar-refractivity contribution in [1.29, 1.82) is 0 Å². The molecule has 0 aromatic rings. The van der Waals surface area contributed by atoms with Crippen LogP contribution >= 0.6 is 0 Å². The summed E-state index contributed by atoms with van der Waals surface area (Å²) < 4.78 is 17.0. The van der Waals surface area contributed by atoms with Crippen LogP contribution in [0.2, 0.25) is 0 Å². The van der Waals surface area contributed by atoms with Gasteiger partial charge in [0.2, 0.25) is 0 Å². The molecule has 0 aromatic heterocycles. The summed E-state index contributed by atoms with van der Waals surface area (Å²) in [6.45, 7) is 0. The normalized spacial score (nSPS) is 2.00. The summed E-state index contributed by atoms with van der Waals surface area (Å²) >= 11 is -2.00. The van der Waals surface area contributed by atoms with Gasteiger partial charge in [-0.15, -0.1) is 0 Å². The molecule has 0 rings (SSSR count). The van der Waals surface area contributed by atoms with Gasteiger partial charge >= 0.3 is 25.7 Å². The van der Waals surface area contributed by atoms with Gasteiger partial charge in [0.05, 0.1) is 0 Å². The van der Waals surface area contributed by atoms with Crippen LogP contribution < -0.4 is 0 Å². The number of hydrogen-bond donors (Lipinski definition) is 0. The van der Waals surface area contributed by atoms with Crippen molar-refractivity contribution < 1.29 is 46.8 Å². The first-order valence-corrected chi connectivity index (χ1v) is 1.68. The molecule has 0 aliphatic rings. The van der Waals surface area contributed by atoms with E-state index in [4.69, 9.17) is 6.65 Å². The Bertz CT molecular complexity index is 27.0. The summed E-state index contributed by atoms with van der Waals surface area (Å²) in [5, 5.41) is 0. The van der Waals surface area contributed by atoms with Crippen LogP contribution in [0.15, 0.2) is 0 Å².